The quantitative estimate of drug-likeness (QED) is 0.368. The van der Waals surface area contributed by atoms with Crippen LogP contribution < -0.4 is 14.8 Å². The highest BCUT2D eigenvalue weighted by molar-refractivity contribution is 6.14. The molecule has 0 aliphatic heterocycles. The monoisotopic (exact) mass is 469 g/mol. The van der Waals surface area contributed by atoms with Crippen molar-refractivity contribution in [2.24, 2.45) is 0 Å². The Kier molecular flexibility index (Phi) is 5.88. The van der Waals surface area contributed by atoms with E-state index in [4.69, 9.17) is 14.0 Å². The lowest BCUT2D eigenvalue weighted by Crippen LogP contribution is -2.13. The molecule has 0 bridgehead atoms. The number of nitrogens with zero attached hydrogens (tertiary/aromatic N) is 4. The zero-order chi connectivity index (χ0) is 24.4. The molecule has 0 saturated heterocycles. The van der Waals surface area contributed by atoms with E-state index >= 15 is 0 Å². The largest absolute Gasteiger partial charge is 0.497 e. The van der Waals surface area contributed by atoms with E-state index < -0.39 is 0 Å². The van der Waals surface area contributed by atoms with Gasteiger partial charge in [0.25, 0.3) is 11.6 Å². The summed E-state index contributed by atoms with van der Waals surface area (Å²) in [6.45, 7) is 2.34. The van der Waals surface area contributed by atoms with E-state index in [2.05, 4.69) is 20.6 Å². The van der Waals surface area contributed by atoms with Gasteiger partial charge in [-0.1, -0.05) is 17.3 Å². The fourth-order valence-electron chi connectivity index (χ4n) is 3.87. The highest BCUT2D eigenvalue weighted by atomic mass is 16.5. The van der Waals surface area contributed by atoms with Gasteiger partial charge < -0.3 is 19.3 Å². The number of anilines is 1. The average Bonchev–Trinajstić information content (AvgIpc) is 3.50. The van der Waals surface area contributed by atoms with Gasteiger partial charge in [-0.05, 0) is 55.0 Å². The molecule has 0 saturated carbocycles. The number of methoxy groups -OCH3 is 2. The van der Waals surface area contributed by atoms with Crippen LogP contribution in [-0.4, -0.2) is 40.0 Å². The maximum Gasteiger partial charge on any atom is 0.259 e. The minimum absolute atomic E-state index is 0.301. The molecule has 0 unspecified atom stereocenters. The van der Waals surface area contributed by atoms with Crippen LogP contribution in [0.15, 0.2) is 71.5 Å². The molecule has 9 heteroatoms. The van der Waals surface area contributed by atoms with Crippen LogP contribution >= 0.6 is 0 Å². The van der Waals surface area contributed by atoms with Crippen molar-refractivity contribution >= 4 is 22.7 Å². The Morgan fingerprint density at radius 3 is 2.63 bits per heavy atom. The number of hydrogen-bond acceptors (Lipinski definition) is 7. The Morgan fingerprint density at radius 2 is 1.86 bits per heavy atom. The maximum atomic E-state index is 13.3. The normalized spacial score (nSPS) is 10.9. The molecule has 0 fully saturated rings. The minimum atomic E-state index is -0.306. The molecule has 3 heterocycles. The number of rotatable bonds is 7. The third-order valence-corrected chi connectivity index (χ3v) is 5.55. The predicted octanol–water partition coefficient (Wildman–Crippen LogP) is 4.71. The molecular formula is C26H23N5O4. The van der Waals surface area contributed by atoms with E-state index in [1.54, 1.807) is 44.3 Å². The molecule has 1 N–H and O–H groups in total. The first-order valence-corrected chi connectivity index (χ1v) is 10.9. The summed E-state index contributed by atoms with van der Waals surface area (Å²) >= 11 is 0. The highest BCUT2D eigenvalue weighted by Crippen LogP contribution is 2.31. The van der Waals surface area contributed by atoms with Gasteiger partial charge >= 0.3 is 0 Å². The first-order chi connectivity index (χ1) is 17.0. The van der Waals surface area contributed by atoms with Crippen LogP contribution in [0.25, 0.3) is 22.4 Å². The zero-order valence-corrected chi connectivity index (χ0v) is 19.5. The number of carbonyl (C=O) groups excluding carboxylic acids is 1. The van der Waals surface area contributed by atoms with E-state index in [1.807, 2.05) is 48.5 Å². The molecule has 0 aliphatic carbocycles. The third-order valence-electron chi connectivity index (χ3n) is 5.55. The molecule has 0 atom stereocenters. The fraction of sp³-hybridized carbons (Fsp3) is 0.154. The lowest BCUT2D eigenvalue weighted by Gasteiger charge is -2.07. The molecule has 0 spiro atoms. The number of ether oxygens (including phenoxy) is 2. The molecule has 176 valence electrons. The Bertz CT molecular complexity index is 1500. The first-order valence-electron chi connectivity index (χ1n) is 10.9. The molecule has 0 aliphatic rings. The average molecular weight is 470 g/mol. The molecule has 0 radical (unpaired) electrons. The van der Waals surface area contributed by atoms with E-state index in [0.29, 0.717) is 40.3 Å². The van der Waals surface area contributed by atoms with Crippen molar-refractivity contribution < 1.29 is 18.8 Å². The van der Waals surface area contributed by atoms with Gasteiger partial charge in [0.15, 0.2) is 0 Å². The van der Waals surface area contributed by atoms with E-state index in [0.717, 1.165) is 22.6 Å². The van der Waals surface area contributed by atoms with Crippen molar-refractivity contribution in [3.63, 3.8) is 0 Å². The van der Waals surface area contributed by atoms with Gasteiger partial charge in [0.1, 0.15) is 17.2 Å². The molecule has 5 aromatic rings. The summed E-state index contributed by atoms with van der Waals surface area (Å²) in [5.74, 6) is 1.19. The fourth-order valence-corrected chi connectivity index (χ4v) is 3.87. The van der Waals surface area contributed by atoms with Gasteiger partial charge in [0.05, 0.1) is 43.6 Å². The second kappa shape index (κ2) is 9.30. The van der Waals surface area contributed by atoms with Gasteiger partial charge in [0, 0.05) is 17.5 Å². The molecule has 1 amide bonds. The standard InChI is InChI=1S/C26H23N5O4/c1-16-11-22(23-24(30-35-26(23)28-16)18-7-9-20(33-2)10-8-18)25(32)29-19-13-27-31(15-19)14-17-5-4-6-21(12-17)34-3/h4-13,15H,14H2,1-3H3,(H,29,32). The van der Waals surface area contributed by atoms with Crippen LogP contribution in [-0.2, 0) is 6.54 Å². The Balaban J connectivity index is 1.42. The van der Waals surface area contributed by atoms with Crippen molar-refractivity contribution in [2.45, 2.75) is 13.5 Å². The summed E-state index contributed by atoms with van der Waals surface area (Å²) in [6, 6.07) is 16.9. The summed E-state index contributed by atoms with van der Waals surface area (Å²) in [5, 5.41) is 12.0. The van der Waals surface area contributed by atoms with Crippen molar-refractivity contribution in [3.8, 4) is 22.8 Å². The van der Waals surface area contributed by atoms with Crippen LogP contribution in [0.5, 0.6) is 11.5 Å². The molecule has 5 rings (SSSR count). The number of aryl methyl sites for hydroxylation is 1. The van der Waals surface area contributed by atoms with E-state index in [1.165, 1.54) is 0 Å². The first kappa shape index (κ1) is 22.1. The van der Waals surface area contributed by atoms with Gasteiger partial charge in [0.2, 0.25) is 0 Å². The topological polar surface area (TPSA) is 104 Å². The van der Waals surface area contributed by atoms with Crippen LogP contribution in [0, 0.1) is 6.92 Å². The minimum Gasteiger partial charge on any atom is -0.497 e. The SMILES string of the molecule is COc1ccc(-c2noc3nc(C)cc(C(=O)Nc4cnn(Cc5cccc(OC)c5)c4)c23)cc1. The number of carbonyl (C=O) groups is 1. The highest BCUT2D eigenvalue weighted by Gasteiger charge is 2.21. The maximum absolute atomic E-state index is 13.3. The van der Waals surface area contributed by atoms with Crippen molar-refractivity contribution in [1.29, 1.82) is 0 Å². The molecule has 2 aromatic carbocycles. The summed E-state index contributed by atoms with van der Waals surface area (Å²) in [5.41, 5.74) is 4.29. The van der Waals surface area contributed by atoms with Gasteiger partial charge in [-0.3, -0.25) is 9.48 Å². The second-order valence-electron chi connectivity index (χ2n) is 7.98. The number of amides is 1. The van der Waals surface area contributed by atoms with Crippen LogP contribution in [0.1, 0.15) is 21.6 Å². The van der Waals surface area contributed by atoms with Crippen LogP contribution in [0.3, 0.4) is 0 Å². The summed E-state index contributed by atoms with van der Waals surface area (Å²) < 4.78 is 17.7. The molecule has 35 heavy (non-hydrogen) atoms. The predicted molar refractivity (Wildman–Crippen MR) is 131 cm³/mol. The Morgan fingerprint density at radius 1 is 1.06 bits per heavy atom. The Labute approximate surface area is 201 Å². The van der Waals surface area contributed by atoms with Crippen LogP contribution in [0.4, 0.5) is 5.69 Å². The van der Waals surface area contributed by atoms with E-state index in [9.17, 15) is 4.79 Å². The number of pyridine rings is 1. The summed E-state index contributed by atoms with van der Waals surface area (Å²) in [6.07, 6.45) is 3.39. The lowest BCUT2D eigenvalue weighted by atomic mass is 10.0. The third kappa shape index (κ3) is 4.56. The summed E-state index contributed by atoms with van der Waals surface area (Å²) in [4.78, 5) is 17.7. The number of aromatic nitrogens is 4. The number of nitrogens with one attached hydrogen (secondary N) is 1. The molecule has 3 aromatic heterocycles. The molecule has 9 nitrogen and oxygen atoms in total. The number of benzene rings is 2. The van der Waals surface area contributed by atoms with Crippen molar-refractivity contribution in [1.82, 2.24) is 19.9 Å². The summed E-state index contributed by atoms with van der Waals surface area (Å²) in [7, 11) is 3.24. The molecular weight excluding hydrogens is 446 g/mol. The van der Waals surface area contributed by atoms with Gasteiger partial charge in [-0.25, -0.2) is 4.98 Å². The van der Waals surface area contributed by atoms with Crippen molar-refractivity contribution in [2.75, 3.05) is 19.5 Å². The number of hydrogen-bond donors (Lipinski definition) is 1. The van der Waals surface area contributed by atoms with Crippen molar-refractivity contribution in [3.05, 3.63) is 83.8 Å². The Hall–Kier alpha value is -4.66. The van der Waals surface area contributed by atoms with Gasteiger partial charge in [-0.15, -0.1) is 0 Å². The second-order valence-corrected chi connectivity index (χ2v) is 7.98. The zero-order valence-electron chi connectivity index (χ0n) is 19.5. The lowest BCUT2D eigenvalue weighted by molar-refractivity contribution is 0.102. The van der Waals surface area contributed by atoms with Crippen LogP contribution in [0.2, 0.25) is 0 Å². The smallest absolute Gasteiger partial charge is 0.259 e. The number of fused-ring (bicyclic) bond motifs is 1. The van der Waals surface area contributed by atoms with Gasteiger partial charge in [-0.2, -0.15) is 5.10 Å². The van der Waals surface area contributed by atoms with E-state index in [-0.39, 0.29) is 5.91 Å².